The zero-order chi connectivity index (χ0) is 18.0. The smallest absolute Gasteiger partial charge is 0.322 e. The van der Waals surface area contributed by atoms with Gasteiger partial charge in [0.25, 0.3) is 5.91 Å². The van der Waals surface area contributed by atoms with Crippen LogP contribution in [0.5, 0.6) is 0 Å². The van der Waals surface area contributed by atoms with Gasteiger partial charge < -0.3 is 10.4 Å². The van der Waals surface area contributed by atoms with Crippen molar-refractivity contribution in [2.75, 3.05) is 13.1 Å². The number of rotatable bonds is 5. The molecule has 25 heavy (non-hydrogen) atoms. The van der Waals surface area contributed by atoms with E-state index in [4.69, 9.17) is 5.11 Å². The van der Waals surface area contributed by atoms with Gasteiger partial charge in [-0.2, -0.15) is 4.31 Å². The second-order valence-electron chi connectivity index (χ2n) is 5.55. The minimum Gasteiger partial charge on any atom is -0.480 e. The molecular formula is C16H16N2O5S2. The van der Waals surface area contributed by atoms with E-state index in [1.54, 1.807) is 0 Å². The fourth-order valence-electron chi connectivity index (χ4n) is 2.72. The molecule has 132 valence electrons. The lowest BCUT2D eigenvalue weighted by atomic mass is 10.0. The highest BCUT2D eigenvalue weighted by Gasteiger charge is 2.32. The fraction of sp³-hybridized carbons (Fsp3) is 0.250. The number of aliphatic carboxylic acids is 1. The summed E-state index contributed by atoms with van der Waals surface area (Å²) < 4.78 is 27.3. The Morgan fingerprint density at radius 1 is 1.20 bits per heavy atom. The highest BCUT2D eigenvalue weighted by atomic mass is 32.2. The lowest BCUT2D eigenvalue weighted by Gasteiger charge is -2.28. The molecular weight excluding hydrogens is 364 g/mol. The molecule has 0 spiro atoms. The van der Waals surface area contributed by atoms with Crippen LogP contribution in [0, 0.1) is 0 Å². The summed E-state index contributed by atoms with van der Waals surface area (Å²) in [5.41, 5.74) is 2.07. The van der Waals surface area contributed by atoms with E-state index in [2.05, 4.69) is 5.32 Å². The highest BCUT2D eigenvalue weighted by Crippen LogP contribution is 2.29. The first kappa shape index (κ1) is 17.6. The molecule has 3 rings (SSSR count). The molecule has 0 saturated carbocycles. The van der Waals surface area contributed by atoms with Crippen LogP contribution in [0.1, 0.15) is 20.8 Å². The van der Waals surface area contributed by atoms with Crippen molar-refractivity contribution in [2.45, 2.75) is 17.9 Å². The van der Waals surface area contributed by atoms with Crippen LogP contribution in [0.3, 0.4) is 0 Å². The van der Waals surface area contributed by atoms with Crippen molar-refractivity contribution in [3.05, 3.63) is 51.7 Å². The quantitative estimate of drug-likeness (QED) is 0.814. The third kappa shape index (κ3) is 3.58. The SMILES string of the molecule is O=C(O)CNC(=O)c1sccc1S(=O)(=O)N1CCc2ccccc2C1. The molecule has 1 amide bonds. The summed E-state index contributed by atoms with van der Waals surface area (Å²) in [6.45, 7) is 0.0310. The van der Waals surface area contributed by atoms with E-state index in [0.29, 0.717) is 13.0 Å². The van der Waals surface area contributed by atoms with Crippen LogP contribution in [0.2, 0.25) is 0 Å². The van der Waals surface area contributed by atoms with E-state index in [-0.39, 0.29) is 16.3 Å². The molecule has 1 aliphatic heterocycles. The Bertz CT molecular complexity index is 920. The summed E-state index contributed by atoms with van der Waals surface area (Å²) in [6.07, 6.45) is 0.611. The summed E-state index contributed by atoms with van der Waals surface area (Å²) in [5, 5.41) is 12.4. The minimum atomic E-state index is -3.84. The van der Waals surface area contributed by atoms with E-state index in [1.807, 2.05) is 24.3 Å². The van der Waals surface area contributed by atoms with Gasteiger partial charge in [-0.15, -0.1) is 11.3 Å². The second-order valence-corrected chi connectivity index (χ2v) is 8.37. The molecule has 0 unspecified atom stereocenters. The van der Waals surface area contributed by atoms with Crippen molar-refractivity contribution in [3.8, 4) is 0 Å². The molecule has 1 aliphatic rings. The largest absolute Gasteiger partial charge is 0.480 e. The maximum Gasteiger partial charge on any atom is 0.322 e. The average molecular weight is 380 g/mol. The number of nitrogens with zero attached hydrogens (tertiary/aromatic N) is 1. The van der Waals surface area contributed by atoms with Gasteiger partial charge in [-0.05, 0) is 29.0 Å². The van der Waals surface area contributed by atoms with Crippen molar-refractivity contribution >= 4 is 33.2 Å². The Morgan fingerprint density at radius 2 is 1.92 bits per heavy atom. The zero-order valence-corrected chi connectivity index (χ0v) is 14.8. The molecule has 2 aromatic rings. The first-order valence-corrected chi connectivity index (χ1v) is 9.86. The number of thiophene rings is 1. The van der Waals surface area contributed by atoms with Gasteiger partial charge in [0, 0.05) is 13.1 Å². The number of sulfonamides is 1. The third-order valence-electron chi connectivity index (χ3n) is 3.95. The number of carboxylic acids is 1. The van der Waals surface area contributed by atoms with Crippen LogP contribution in [-0.4, -0.2) is 42.8 Å². The third-order valence-corrected chi connectivity index (χ3v) is 6.88. The topological polar surface area (TPSA) is 104 Å². The monoisotopic (exact) mass is 380 g/mol. The minimum absolute atomic E-state index is 0.000101. The Balaban J connectivity index is 1.86. The number of hydrogen-bond donors (Lipinski definition) is 2. The number of carbonyl (C=O) groups is 2. The summed E-state index contributed by atoms with van der Waals surface area (Å²) in [6, 6.07) is 9.05. The van der Waals surface area contributed by atoms with Gasteiger partial charge in [-0.1, -0.05) is 24.3 Å². The first-order valence-electron chi connectivity index (χ1n) is 7.54. The van der Waals surface area contributed by atoms with Crippen LogP contribution in [0.4, 0.5) is 0 Å². The molecule has 0 bridgehead atoms. The molecule has 7 nitrogen and oxygen atoms in total. The molecule has 0 fully saturated rings. The van der Waals surface area contributed by atoms with Crippen molar-refractivity contribution in [1.29, 1.82) is 0 Å². The van der Waals surface area contributed by atoms with Crippen LogP contribution >= 0.6 is 11.3 Å². The van der Waals surface area contributed by atoms with Crippen molar-refractivity contribution in [3.63, 3.8) is 0 Å². The molecule has 0 atom stereocenters. The standard InChI is InChI=1S/C16H16N2O5S2/c19-14(20)9-17-16(21)15-13(6-8-24-15)25(22,23)18-7-5-11-3-1-2-4-12(11)10-18/h1-4,6,8H,5,7,9-10H2,(H,17,21)(H,19,20). The number of hydrogen-bond acceptors (Lipinski definition) is 5. The molecule has 2 heterocycles. The molecule has 0 radical (unpaired) electrons. The number of nitrogens with one attached hydrogen (secondary N) is 1. The lowest BCUT2D eigenvalue weighted by Crippen LogP contribution is -2.37. The normalized spacial score (nSPS) is 14.7. The lowest BCUT2D eigenvalue weighted by molar-refractivity contribution is -0.135. The number of fused-ring (bicyclic) bond motifs is 1. The summed E-state index contributed by atoms with van der Waals surface area (Å²) in [7, 11) is -3.84. The van der Waals surface area contributed by atoms with E-state index < -0.39 is 28.4 Å². The Hall–Kier alpha value is -2.23. The predicted octanol–water partition coefficient (Wildman–Crippen LogP) is 1.31. The predicted molar refractivity (Wildman–Crippen MR) is 92.0 cm³/mol. The number of carboxylic acid groups (broad SMARTS) is 1. The Morgan fingerprint density at radius 3 is 2.64 bits per heavy atom. The second kappa shape index (κ2) is 6.95. The molecule has 1 aromatic heterocycles. The number of carbonyl (C=O) groups excluding carboxylic acids is 1. The van der Waals surface area contributed by atoms with Crippen LogP contribution < -0.4 is 5.32 Å². The van der Waals surface area contributed by atoms with E-state index in [0.717, 1.165) is 22.5 Å². The van der Waals surface area contributed by atoms with Gasteiger partial charge >= 0.3 is 5.97 Å². The van der Waals surface area contributed by atoms with Crippen LogP contribution in [0.15, 0.2) is 40.6 Å². The molecule has 0 aliphatic carbocycles. The van der Waals surface area contributed by atoms with E-state index in [1.165, 1.54) is 15.8 Å². The Labute approximate surface area is 149 Å². The van der Waals surface area contributed by atoms with Crippen molar-refractivity contribution in [2.24, 2.45) is 0 Å². The van der Waals surface area contributed by atoms with Crippen LogP contribution in [0.25, 0.3) is 0 Å². The maximum absolute atomic E-state index is 13.0. The number of amides is 1. The summed E-state index contributed by atoms with van der Waals surface area (Å²) in [5.74, 6) is -1.89. The summed E-state index contributed by atoms with van der Waals surface area (Å²) >= 11 is 0.975. The van der Waals surface area contributed by atoms with Gasteiger partial charge in [-0.3, -0.25) is 9.59 Å². The van der Waals surface area contributed by atoms with E-state index >= 15 is 0 Å². The van der Waals surface area contributed by atoms with Crippen LogP contribution in [-0.2, 0) is 27.8 Å². The van der Waals surface area contributed by atoms with E-state index in [9.17, 15) is 18.0 Å². The summed E-state index contributed by atoms with van der Waals surface area (Å²) in [4.78, 5) is 22.6. The van der Waals surface area contributed by atoms with Gasteiger partial charge in [0.15, 0.2) is 0 Å². The van der Waals surface area contributed by atoms with Crippen molar-refractivity contribution in [1.82, 2.24) is 9.62 Å². The van der Waals surface area contributed by atoms with Gasteiger partial charge in [0.2, 0.25) is 10.0 Å². The van der Waals surface area contributed by atoms with Gasteiger partial charge in [-0.25, -0.2) is 8.42 Å². The first-order chi connectivity index (χ1) is 11.9. The molecule has 1 aromatic carbocycles. The Kier molecular flexibility index (Phi) is 4.89. The number of benzene rings is 1. The van der Waals surface area contributed by atoms with Gasteiger partial charge in [0.1, 0.15) is 16.3 Å². The van der Waals surface area contributed by atoms with Crippen molar-refractivity contribution < 1.29 is 23.1 Å². The molecule has 2 N–H and O–H groups in total. The van der Waals surface area contributed by atoms with Gasteiger partial charge in [0.05, 0.1) is 0 Å². The zero-order valence-electron chi connectivity index (χ0n) is 13.1. The molecule has 0 saturated heterocycles. The maximum atomic E-state index is 13.0. The highest BCUT2D eigenvalue weighted by molar-refractivity contribution is 7.89. The average Bonchev–Trinajstić information content (AvgIpc) is 3.10. The molecule has 9 heteroatoms. The fourth-order valence-corrected chi connectivity index (χ4v) is 5.45.